The molecule has 0 unspecified atom stereocenters. The highest BCUT2D eigenvalue weighted by molar-refractivity contribution is 6.10. The third kappa shape index (κ3) is 11.6. The fourth-order valence-electron chi connectivity index (χ4n) is 9.25. The van der Waals surface area contributed by atoms with Crippen molar-refractivity contribution in [1.29, 1.82) is 5.41 Å². The number of H-pyrrole nitrogens is 1. The highest BCUT2D eigenvalue weighted by atomic mass is 16.2. The Bertz CT molecular complexity index is 2570. The van der Waals surface area contributed by atoms with Gasteiger partial charge in [-0.15, -0.1) is 0 Å². The van der Waals surface area contributed by atoms with E-state index in [4.69, 9.17) is 11.1 Å². The number of carbonyl (C=O) groups is 8. The van der Waals surface area contributed by atoms with Gasteiger partial charge >= 0.3 is 6.03 Å². The van der Waals surface area contributed by atoms with Crippen molar-refractivity contribution in [3.8, 4) is 0 Å². The molecular weight excluding hydrogens is 873 g/mol. The van der Waals surface area contributed by atoms with Gasteiger partial charge in [0.1, 0.15) is 29.7 Å². The molecule has 20 nitrogen and oxygen atoms in total. The van der Waals surface area contributed by atoms with Crippen LogP contribution in [-0.4, -0.2) is 125 Å². The number of fused-ring (bicyclic) bond motifs is 5. The van der Waals surface area contributed by atoms with Crippen molar-refractivity contribution in [2.24, 2.45) is 5.73 Å². The monoisotopic (exact) mass is 932 g/mol. The van der Waals surface area contributed by atoms with Gasteiger partial charge in [-0.25, -0.2) is 9.69 Å². The summed E-state index contributed by atoms with van der Waals surface area (Å²) >= 11 is 0. The Labute approximate surface area is 392 Å². The third-order valence-corrected chi connectivity index (χ3v) is 13.0. The number of nitrogens with two attached hydrogens (primary N) is 1. The first-order chi connectivity index (χ1) is 32.7. The predicted molar refractivity (Wildman–Crippen MR) is 253 cm³/mol. The smallest absolute Gasteiger partial charge is 0.325 e. The number of aromatic nitrogens is 1. The van der Waals surface area contributed by atoms with Crippen LogP contribution in [0.2, 0.25) is 0 Å². The zero-order chi connectivity index (χ0) is 48.4. The third-order valence-electron chi connectivity index (χ3n) is 13.0. The van der Waals surface area contributed by atoms with Crippen molar-refractivity contribution in [3.05, 3.63) is 84.1 Å². The van der Waals surface area contributed by atoms with Crippen molar-refractivity contribution in [2.45, 2.75) is 107 Å². The summed E-state index contributed by atoms with van der Waals surface area (Å²) in [6.45, 7) is 2.20. The van der Waals surface area contributed by atoms with Crippen LogP contribution in [0.1, 0.15) is 69.4 Å². The molecule has 0 radical (unpaired) electrons. The molecule has 1 aromatic heterocycles. The first-order valence-corrected chi connectivity index (χ1v) is 23.2. The number of rotatable bonds is 9. The van der Waals surface area contributed by atoms with Crippen LogP contribution in [0.5, 0.6) is 0 Å². The van der Waals surface area contributed by atoms with E-state index < -0.39 is 83.6 Å². The van der Waals surface area contributed by atoms with Gasteiger partial charge in [0.15, 0.2) is 11.7 Å². The molecule has 1 spiro atoms. The average Bonchev–Trinajstić information content (AvgIpc) is 3.86. The molecule has 3 aliphatic heterocycles. The highest BCUT2D eigenvalue weighted by Crippen LogP contribution is 2.31. The first-order valence-electron chi connectivity index (χ1n) is 23.2. The molecule has 3 aromatic carbocycles. The summed E-state index contributed by atoms with van der Waals surface area (Å²) < 4.78 is 0. The van der Waals surface area contributed by atoms with E-state index in [9.17, 15) is 38.4 Å². The highest BCUT2D eigenvalue weighted by Gasteiger charge is 2.55. The fraction of sp³-hybridized carbons (Fsp3) is 0.438. The van der Waals surface area contributed by atoms with Gasteiger partial charge in [0.25, 0.3) is 5.91 Å². The van der Waals surface area contributed by atoms with Crippen LogP contribution in [-0.2, 0) is 46.4 Å². The molecule has 20 heteroatoms. The Morgan fingerprint density at radius 1 is 0.794 bits per heavy atom. The largest absolute Gasteiger partial charge is 0.370 e. The second-order valence-electron chi connectivity index (χ2n) is 17.8. The normalized spacial score (nSPS) is 23.5. The molecule has 360 valence electrons. The van der Waals surface area contributed by atoms with Crippen LogP contribution in [0, 0.1) is 5.41 Å². The van der Waals surface area contributed by atoms with Gasteiger partial charge in [0.05, 0.1) is 12.5 Å². The van der Waals surface area contributed by atoms with E-state index in [1.165, 1.54) is 6.92 Å². The van der Waals surface area contributed by atoms with Gasteiger partial charge in [0, 0.05) is 43.0 Å². The van der Waals surface area contributed by atoms with Gasteiger partial charge in [-0.05, 0) is 92.9 Å². The van der Waals surface area contributed by atoms with Crippen LogP contribution >= 0.6 is 0 Å². The molecule has 0 aliphatic carbocycles. The van der Waals surface area contributed by atoms with E-state index in [0.717, 1.165) is 26.6 Å². The molecule has 3 fully saturated rings. The van der Waals surface area contributed by atoms with Crippen molar-refractivity contribution < 1.29 is 38.4 Å². The molecule has 7 rings (SSSR count). The summed E-state index contributed by atoms with van der Waals surface area (Å²) in [6.07, 6.45) is 2.57. The van der Waals surface area contributed by atoms with Crippen molar-refractivity contribution >= 4 is 74.9 Å². The van der Waals surface area contributed by atoms with Crippen LogP contribution in [0.4, 0.5) is 4.79 Å². The minimum Gasteiger partial charge on any atom is -0.370 e. The molecule has 12 N–H and O–H groups in total. The van der Waals surface area contributed by atoms with E-state index in [1.807, 2.05) is 66.7 Å². The molecule has 4 aromatic rings. The number of nitrogens with zero attached hydrogens (tertiary/aromatic N) is 1. The van der Waals surface area contributed by atoms with Gasteiger partial charge in [0.2, 0.25) is 29.5 Å². The number of hydrogen-bond acceptors (Lipinski definition) is 10. The molecule has 3 saturated heterocycles. The number of urea groups is 1. The summed E-state index contributed by atoms with van der Waals surface area (Å²) in [7, 11) is 0. The number of piperidine rings is 1. The lowest BCUT2D eigenvalue weighted by atomic mass is 9.84. The number of aromatic amines is 1. The molecular formula is C48H60N12O8. The van der Waals surface area contributed by atoms with E-state index in [2.05, 4.69) is 47.5 Å². The molecule has 0 saturated carbocycles. The van der Waals surface area contributed by atoms with Crippen molar-refractivity contribution in [2.75, 3.05) is 26.2 Å². The Kier molecular flexibility index (Phi) is 15.7. The molecule has 68 heavy (non-hydrogen) atoms. The number of hydrogen-bond donors (Lipinski definition) is 11. The fourth-order valence-corrected chi connectivity index (χ4v) is 9.25. The maximum absolute atomic E-state index is 14.9. The second kappa shape index (κ2) is 22.0. The van der Waals surface area contributed by atoms with E-state index in [-0.39, 0.29) is 82.9 Å². The molecule has 3 aliphatic rings. The minimum absolute atomic E-state index is 0.00179. The lowest BCUT2D eigenvalue weighted by Gasteiger charge is -2.42. The topological polar surface area (TPSA) is 302 Å². The van der Waals surface area contributed by atoms with Gasteiger partial charge < -0.3 is 53.3 Å². The summed E-state index contributed by atoms with van der Waals surface area (Å²) in [5, 5.41) is 32.9. The second-order valence-corrected chi connectivity index (χ2v) is 17.8. The summed E-state index contributed by atoms with van der Waals surface area (Å²) in [5.74, 6) is -4.79. The molecule has 4 heterocycles. The Morgan fingerprint density at radius 3 is 2.25 bits per heavy atom. The van der Waals surface area contributed by atoms with Crippen LogP contribution in [0.15, 0.2) is 72.9 Å². The number of para-hydroxylation sites is 1. The van der Waals surface area contributed by atoms with Crippen molar-refractivity contribution in [3.63, 3.8) is 0 Å². The van der Waals surface area contributed by atoms with E-state index in [0.29, 0.717) is 24.0 Å². The maximum atomic E-state index is 14.9. The van der Waals surface area contributed by atoms with Crippen LogP contribution < -0.4 is 48.3 Å². The average molecular weight is 933 g/mol. The van der Waals surface area contributed by atoms with E-state index in [1.54, 1.807) is 6.20 Å². The number of nitrogens with one attached hydrogen (secondary N) is 10. The number of imide groups is 1. The zero-order valence-electron chi connectivity index (χ0n) is 38.0. The first kappa shape index (κ1) is 48.6. The number of amides is 8. The number of Topliss-reactive ketones (excluding diaryl/α,β-unsaturated/α-hetero) is 1. The molecule has 8 amide bonds. The number of carbonyl (C=O) groups excluding carboxylic acids is 8. The summed E-state index contributed by atoms with van der Waals surface area (Å²) in [6, 6.07) is 13.7. The standard InChI is InChI=1S/C48H60N12O8/c1-28(61)34-12-6-7-19-52-40(62)26-39-44(66)60(47(68)59-39)48(17-21-51-22-18-48)45(67)58-37(24-29-15-16-30-9-2-3-10-31(30)23-29)42(64)56-36(14-8-20-53-46(49)50)41(63)57-38(43(65)55-34)25-32-27-54-35-13-5-4-11-33(32)35/h2-5,9-11,13,15-16,23,27,34,36-39,51,54H,6-8,12,14,17-22,24-26H2,1H3,(H,52,62)(H,55,65)(H,56,64)(H,57,63)(H,58,67)(H,59,68)(H4,49,50,53)/t34-,36-,37+,38-,39-/m0/s1. The number of benzene rings is 3. The number of guanidine groups is 1. The number of ketones is 1. The Hall–Kier alpha value is -7.35. The Morgan fingerprint density at radius 2 is 1.49 bits per heavy atom. The molecule has 5 atom stereocenters. The minimum atomic E-state index is -1.75. The predicted octanol–water partition coefficient (Wildman–Crippen LogP) is 0.631. The lowest BCUT2D eigenvalue weighted by molar-refractivity contribution is -0.145. The molecule has 2 bridgehead atoms. The van der Waals surface area contributed by atoms with Crippen LogP contribution in [0.3, 0.4) is 0 Å². The van der Waals surface area contributed by atoms with Gasteiger partial charge in [-0.1, -0.05) is 60.7 Å². The maximum Gasteiger partial charge on any atom is 0.325 e. The van der Waals surface area contributed by atoms with Crippen LogP contribution in [0.25, 0.3) is 21.7 Å². The lowest BCUT2D eigenvalue weighted by Crippen LogP contribution is -2.67. The quantitative estimate of drug-likeness (QED) is 0.0479. The SMILES string of the molecule is CC(=O)[C@@H]1CCCCNC(=O)C[C@@H]2NC(=O)N(C2=O)C2(CCNCC2)C(=O)N[C@H](Cc2ccc3ccccc3c2)C(=O)N[C@@H](CCCNC(=N)N)C(=O)N[C@@H](Cc2c[nH]c3ccccc23)C(=O)N1. The van der Waals surface area contributed by atoms with Crippen molar-refractivity contribution in [1.82, 2.24) is 52.4 Å². The summed E-state index contributed by atoms with van der Waals surface area (Å²) in [4.78, 5) is 117. The zero-order valence-corrected chi connectivity index (χ0v) is 38.0. The van der Waals surface area contributed by atoms with Gasteiger partial charge in [-0.2, -0.15) is 0 Å². The van der Waals surface area contributed by atoms with Gasteiger partial charge in [-0.3, -0.25) is 39.0 Å². The Balaban J connectivity index is 1.26. The summed E-state index contributed by atoms with van der Waals surface area (Å²) in [5.41, 5.74) is 5.97. The van der Waals surface area contributed by atoms with E-state index >= 15 is 0 Å².